The smallest absolute Gasteiger partial charge is 0.0657 e. The van der Waals surface area contributed by atoms with Gasteiger partial charge in [-0.1, -0.05) is 53.2 Å². The number of fused-ring (bicyclic) bond motifs is 2. The van der Waals surface area contributed by atoms with Crippen molar-refractivity contribution in [1.82, 2.24) is 0 Å². The molecule has 0 spiro atoms. The molecule has 2 N–H and O–H groups in total. The fourth-order valence-corrected chi connectivity index (χ4v) is 7.71. The van der Waals surface area contributed by atoms with E-state index >= 15 is 0 Å². The lowest BCUT2D eigenvalue weighted by Crippen LogP contribution is -2.42. The van der Waals surface area contributed by atoms with Gasteiger partial charge in [0.2, 0.25) is 0 Å². The second-order valence-corrected chi connectivity index (χ2v) is 13.8. The number of aliphatic hydroxyl groups is 2. The van der Waals surface area contributed by atoms with E-state index in [1.165, 1.54) is 38.5 Å². The Bertz CT molecular complexity index is 674. The molecule has 3 aliphatic rings. The van der Waals surface area contributed by atoms with Crippen LogP contribution in [0.1, 0.15) is 126 Å². The molecule has 2 fully saturated rings. The lowest BCUT2D eigenvalue weighted by atomic mass is 9.57. The Morgan fingerprint density at radius 1 is 1.03 bits per heavy atom. The van der Waals surface area contributed by atoms with Gasteiger partial charge in [0.1, 0.15) is 0 Å². The average Bonchev–Trinajstić information content (AvgIpc) is 3.03. The maximum absolute atomic E-state index is 10.8. The lowest BCUT2D eigenvalue weighted by Gasteiger charge is -2.49. The van der Waals surface area contributed by atoms with Crippen molar-refractivity contribution in [2.24, 2.45) is 40.4 Å². The van der Waals surface area contributed by atoms with Gasteiger partial charge in [0.05, 0.1) is 11.2 Å². The van der Waals surface area contributed by atoms with Crippen molar-refractivity contribution < 1.29 is 10.2 Å². The van der Waals surface area contributed by atoms with Gasteiger partial charge >= 0.3 is 0 Å². The first kappa shape index (κ1) is 26.3. The molecule has 2 nitrogen and oxygen atoms in total. The van der Waals surface area contributed by atoms with Crippen LogP contribution in [-0.2, 0) is 0 Å². The van der Waals surface area contributed by atoms with Crippen LogP contribution >= 0.6 is 0 Å². The van der Waals surface area contributed by atoms with Gasteiger partial charge in [-0.3, -0.25) is 0 Å². The molecule has 3 rings (SSSR count). The summed E-state index contributed by atoms with van der Waals surface area (Å²) in [5.74, 6) is 3.26. The minimum atomic E-state index is -0.546. The van der Waals surface area contributed by atoms with E-state index in [2.05, 4.69) is 47.6 Å². The van der Waals surface area contributed by atoms with E-state index in [4.69, 9.17) is 0 Å². The average molecular weight is 447 g/mol. The van der Waals surface area contributed by atoms with Crippen LogP contribution in [0.5, 0.6) is 0 Å². The molecule has 186 valence electrons. The molecule has 0 aromatic carbocycles. The van der Waals surface area contributed by atoms with Crippen LogP contribution in [-0.4, -0.2) is 21.4 Å². The monoisotopic (exact) mass is 446 g/mol. The minimum absolute atomic E-state index is 0.251. The highest BCUT2D eigenvalue weighted by molar-refractivity contribution is 5.21. The third-order valence-corrected chi connectivity index (χ3v) is 11.2. The van der Waals surface area contributed by atoms with Crippen LogP contribution in [0.25, 0.3) is 0 Å². The van der Waals surface area contributed by atoms with E-state index in [-0.39, 0.29) is 5.41 Å². The third kappa shape index (κ3) is 5.17. The Kier molecular flexibility index (Phi) is 7.69. The molecule has 0 bridgehead atoms. The second kappa shape index (κ2) is 9.37. The molecule has 3 aliphatic carbocycles. The fourth-order valence-electron chi connectivity index (χ4n) is 7.71. The molecule has 0 aromatic heterocycles. The molecule has 0 aliphatic heterocycles. The summed E-state index contributed by atoms with van der Waals surface area (Å²) >= 11 is 0. The third-order valence-electron chi connectivity index (χ3n) is 11.2. The first-order chi connectivity index (χ1) is 14.7. The minimum Gasteiger partial charge on any atom is -0.390 e. The maximum atomic E-state index is 10.8. The quantitative estimate of drug-likeness (QED) is 0.421. The standard InChI is InChI=1S/C30H54O2/c1-21(2)30(8,32)17-14-22(3)26-13-12-24-10-9-11-25-20-27(5,31)18-19-28(25,6)23(4)15-16-29(24,26)7/h11,21-24,26,31-32H,9-10,12-20H2,1-8H3/b25-11-/t22-,23?,24?,26-,27+,28-,29+,30?/m1/s1. The van der Waals surface area contributed by atoms with Gasteiger partial charge in [0, 0.05) is 0 Å². The van der Waals surface area contributed by atoms with E-state index in [0.29, 0.717) is 23.2 Å². The number of allylic oxidation sites excluding steroid dienone is 1. The maximum Gasteiger partial charge on any atom is 0.0657 e. The van der Waals surface area contributed by atoms with Crippen molar-refractivity contribution in [1.29, 1.82) is 0 Å². The fraction of sp³-hybridized carbons (Fsp3) is 0.933. The molecule has 8 atom stereocenters. The summed E-state index contributed by atoms with van der Waals surface area (Å²) in [6, 6.07) is 0. The van der Waals surface area contributed by atoms with E-state index in [9.17, 15) is 10.2 Å². The highest BCUT2D eigenvalue weighted by atomic mass is 16.3. The molecule has 0 heterocycles. The molecular weight excluding hydrogens is 392 g/mol. The van der Waals surface area contributed by atoms with Gasteiger partial charge in [-0.05, 0) is 125 Å². The highest BCUT2D eigenvalue weighted by Gasteiger charge is 2.50. The molecular formula is C30H54O2. The lowest BCUT2D eigenvalue weighted by molar-refractivity contribution is -0.0102. The molecule has 3 unspecified atom stereocenters. The van der Waals surface area contributed by atoms with E-state index in [0.717, 1.165) is 43.9 Å². The van der Waals surface area contributed by atoms with Crippen LogP contribution in [0, 0.1) is 40.4 Å². The zero-order chi connectivity index (χ0) is 23.9. The predicted molar refractivity (Wildman–Crippen MR) is 136 cm³/mol. The number of hydrogen-bond donors (Lipinski definition) is 2. The van der Waals surface area contributed by atoms with Crippen LogP contribution < -0.4 is 0 Å². The van der Waals surface area contributed by atoms with Crippen LogP contribution in [0.3, 0.4) is 0 Å². The summed E-state index contributed by atoms with van der Waals surface area (Å²) in [7, 11) is 0. The molecule has 32 heavy (non-hydrogen) atoms. The van der Waals surface area contributed by atoms with Gasteiger partial charge < -0.3 is 10.2 Å². The first-order valence-corrected chi connectivity index (χ1v) is 13.9. The van der Waals surface area contributed by atoms with Gasteiger partial charge in [0.15, 0.2) is 0 Å². The molecule has 0 amide bonds. The zero-order valence-electron chi connectivity index (χ0n) is 22.6. The van der Waals surface area contributed by atoms with Gasteiger partial charge in [-0.15, -0.1) is 0 Å². The van der Waals surface area contributed by atoms with Gasteiger partial charge in [0.25, 0.3) is 0 Å². The van der Waals surface area contributed by atoms with Crippen molar-refractivity contribution in [3.05, 3.63) is 11.6 Å². The Hall–Kier alpha value is -0.340. The summed E-state index contributed by atoms with van der Waals surface area (Å²) in [6.45, 7) is 18.4. The normalized spacial score (nSPS) is 45.3. The summed E-state index contributed by atoms with van der Waals surface area (Å²) < 4.78 is 0. The van der Waals surface area contributed by atoms with Crippen molar-refractivity contribution in [2.45, 2.75) is 137 Å². The molecule has 0 aromatic rings. The van der Waals surface area contributed by atoms with Crippen molar-refractivity contribution in [2.75, 3.05) is 0 Å². The summed E-state index contributed by atoms with van der Waals surface area (Å²) in [5.41, 5.74) is 1.16. The van der Waals surface area contributed by atoms with Crippen LogP contribution in [0.15, 0.2) is 11.6 Å². The largest absolute Gasteiger partial charge is 0.390 e. The number of rotatable bonds is 5. The molecule has 0 saturated heterocycles. The van der Waals surface area contributed by atoms with Crippen LogP contribution in [0.4, 0.5) is 0 Å². The van der Waals surface area contributed by atoms with E-state index < -0.39 is 11.2 Å². The molecule has 2 heteroatoms. The second-order valence-electron chi connectivity index (χ2n) is 13.8. The Morgan fingerprint density at radius 3 is 2.38 bits per heavy atom. The summed E-state index contributed by atoms with van der Waals surface area (Å²) in [4.78, 5) is 0. The highest BCUT2D eigenvalue weighted by Crippen LogP contribution is 2.59. The van der Waals surface area contributed by atoms with Gasteiger partial charge in [-0.2, -0.15) is 0 Å². The first-order valence-electron chi connectivity index (χ1n) is 13.9. The Balaban J connectivity index is 1.77. The predicted octanol–water partition coefficient (Wildman–Crippen LogP) is 7.92. The Morgan fingerprint density at radius 2 is 1.72 bits per heavy atom. The zero-order valence-corrected chi connectivity index (χ0v) is 22.6. The molecule has 0 radical (unpaired) electrons. The van der Waals surface area contributed by atoms with E-state index in [1.807, 2.05) is 13.8 Å². The van der Waals surface area contributed by atoms with Crippen molar-refractivity contribution in [3.8, 4) is 0 Å². The number of hydrogen-bond acceptors (Lipinski definition) is 2. The summed E-state index contributed by atoms with van der Waals surface area (Å²) in [6.07, 6.45) is 15.4. The van der Waals surface area contributed by atoms with Crippen molar-refractivity contribution >= 4 is 0 Å². The van der Waals surface area contributed by atoms with Gasteiger partial charge in [-0.25, -0.2) is 0 Å². The summed E-state index contributed by atoms with van der Waals surface area (Å²) in [5, 5.41) is 21.6. The van der Waals surface area contributed by atoms with Crippen molar-refractivity contribution in [3.63, 3.8) is 0 Å². The Labute approximate surface area is 199 Å². The molecule has 2 saturated carbocycles. The van der Waals surface area contributed by atoms with E-state index in [1.54, 1.807) is 5.57 Å². The SMILES string of the molecule is CC(C)C(C)(O)CC[C@@H](C)[C@H]1CCC2CC/C=C3/C[C@@](C)(O)CC[C@]3(C)C(C)CC[C@@]21C. The topological polar surface area (TPSA) is 40.5 Å². The van der Waals surface area contributed by atoms with Crippen LogP contribution in [0.2, 0.25) is 0 Å².